The number of hydrogen-bond acceptors (Lipinski definition) is 3. The van der Waals surface area contributed by atoms with Crippen molar-refractivity contribution in [3.8, 4) is 6.07 Å². The molecule has 2 aromatic carbocycles. The fourth-order valence-corrected chi connectivity index (χ4v) is 1.75. The number of nitriles is 1. The predicted octanol–water partition coefficient (Wildman–Crippen LogP) is 2.72. The van der Waals surface area contributed by atoms with Crippen molar-refractivity contribution in [1.82, 2.24) is 0 Å². The number of benzene rings is 2. The van der Waals surface area contributed by atoms with Crippen LogP contribution >= 0.6 is 0 Å². The molecular formula is C16H13N3O. The molecule has 0 unspecified atom stereocenters. The van der Waals surface area contributed by atoms with Crippen LogP contribution in [-0.4, -0.2) is 5.91 Å². The van der Waals surface area contributed by atoms with Gasteiger partial charge in [0.2, 0.25) is 0 Å². The molecule has 2 N–H and O–H groups in total. The predicted molar refractivity (Wildman–Crippen MR) is 77.9 cm³/mol. The molecule has 1 amide bonds. The summed E-state index contributed by atoms with van der Waals surface area (Å²) >= 11 is 0. The Morgan fingerprint density at radius 2 is 1.45 bits per heavy atom. The zero-order chi connectivity index (χ0) is 14.4. The Morgan fingerprint density at radius 1 is 1.00 bits per heavy atom. The maximum Gasteiger partial charge on any atom is 0.260 e. The molecule has 0 bridgehead atoms. The van der Waals surface area contributed by atoms with Gasteiger partial charge < -0.3 is 10.6 Å². The monoisotopic (exact) mass is 263 g/mol. The second kappa shape index (κ2) is 6.21. The van der Waals surface area contributed by atoms with E-state index >= 15 is 0 Å². The van der Waals surface area contributed by atoms with Gasteiger partial charge in [0.05, 0.1) is 0 Å². The van der Waals surface area contributed by atoms with E-state index < -0.39 is 5.91 Å². The van der Waals surface area contributed by atoms with Gasteiger partial charge in [-0.3, -0.25) is 4.79 Å². The maximum absolute atomic E-state index is 11.2. The Bertz CT molecular complexity index is 618. The molecule has 0 spiro atoms. The first-order chi connectivity index (χ1) is 9.72. The van der Waals surface area contributed by atoms with Crippen molar-refractivity contribution in [3.63, 3.8) is 0 Å². The summed E-state index contributed by atoms with van der Waals surface area (Å²) < 4.78 is 0. The Balaban J connectivity index is 2.52. The fraction of sp³-hybridized carbons (Fsp3) is 0. The zero-order valence-electron chi connectivity index (χ0n) is 10.7. The molecule has 0 radical (unpaired) electrons. The van der Waals surface area contributed by atoms with Gasteiger partial charge in [0, 0.05) is 17.6 Å². The summed E-state index contributed by atoms with van der Waals surface area (Å²) in [5, 5.41) is 8.99. The highest BCUT2D eigenvalue weighted by molar-refractivity contribution is 5.96. The van der Waals surface area contributed by atoms with Gasteiger partial charge in [0.15, 0.2) is 0 Å². The van der Waals surface area contributed by atoms with E-state index in [9.17, 15) is 4.79 Å². The molecule has 0 aromatic heterocycles. The van der Waals surface area contributed by atoms with E-state index in [4.69, 9.17) is 11.0 Å². The van der Waals surface area contributed by atoms with Crippen molar-refractivity contribution < 1.29 is 4.79 Å². The van der Waals surface area contributed by atoms with Crippen molar-refractivity contribution in [3.05, 3.63) is 72.4 Å². The number of primary amides is 1. The number of hydrogen-bond donors (Lipinski definition) is 1. The Labute approximate surface area is 117 Å². The molecule has 0 aliphatic heterocycles. The largest absolute Gasteiger partial charge is 0.365 e. The van der Waals surface area contributed by atoms with Crippen LogP contribution < -0.4 is 10.6 Å². The number of carbonyl (C=O) groups excluding carboxylic acids is 1. The molecule has 0 atom stereocenters. The fourth-order valence-electron chi connectivity index (χ4n) is 1.75. The van der Waals surface area contributed by atoms with E-state index in [-0.39, 0.29) is 5.57 Å². The molecule has 2 aromatic rings. The summed E-state index contributed by atoms with van der Waals surface area (Å²) in [6, 6.07) is 20.7. The molecule has 0 heterocycles. The second-order valence-corrected chi connectivity index (χ2v) is 4.06. The zero-order valence-corrected chi connectivity index (χ0v) is 10.7. The number of carbonyl (C=O) groups is 1. The first-order valence-electron chi connectivity index (χ1n) is 6.03. The molecule has 20 heavy (non-hydrogen) atoms. The van der Waals surface area contributed by atoms with Crippen LogP contribution in [0.4, 0.5) is 11.4 Å². The molecule has 0 aliphatic rings. The SMILES string of the molecule is N#C/C(=C/N(c1ccccc1)c1ccccc1)C(N)=O. The standard InChI is InChI=1S/C16H13N3O/c17-11-13(16(18)20)12-19(14-7-3-1-4-8-14)15-9-5-2-6-10-15/h1-10,12H,(H2,18,20)/b13-12-. The van der Waals surface area contributed by atoms with Crippen molar-refractivity contribution in [2.24, 2.45) is 5.73 Å². The molecule has 0 saturated carbocycles. The average molecular weight is 263 g/mol. The third-order valence-corrected chi connectivity index (χ3v) is 2.71. The number of anilines is 2. The molecule has 0 fully saturated rings. The third kappa shape index (κ3) is 3.03. The Kier molecular flexibility index (Phi) is 4.15. The van der Waals surface area contributed by atoms with Crippen molar-refractivity contribution in [2.75, 3.05) is 4.90 Å². The van der Waals surface area contributed by atoms with E-state index in [1.165, 1.54) is 6.20 Å². The summed E-state index contributed by atoms with van der Waals surface area (Å²) in [6.45, 7) is 0. The summed E-state index contributed by atoms with van der Waals surface area (Å²) in [4.78, 5) is 13.0. The van der Waals surface area contributed by atoms with Crippen molar-refractivity contribution >= 4 is 17.3 Å². The van der Waals surface area contributed by atoms with Gasteiger partial charge in [-0.05, 0) is 24.3 Å². The molecular weight excluding hydrogens is 250 g/mol. The van der Waals surface area contributed by atoms with Gasteiger partial charge in [0.1, 0.15) is 11.6 Å². The quantitative estimate of drug-likeness (QED) is 0.681. The van der Waals surface area contributed by atoms with Crippen LogP contribution in [0.1, 0.15) is 0 Å². The molecule has 4 heteroatoms. The number of para-hydroxylation sites is 2. The number of nitrogens with two attached hydrogens (primary N) is 1. The van der Waals surface area contributed by atoms with E-state index in [1.807, 2.05) is 66.7 Å². The summed E-state index contributed by atoms with van der Waals surface area (Å²) in [7, 11) is 0. The molecule has 0 saturated heterocycles. The summed E-state index contributed by atoms with van der Waals surface area (Å²) in [5.41, 5.74) is 6.78. The lowest BCUT2D eigenvalue weighted by molar-refractivity contribution is -0.114. The topological polar surface area (TPSA) is 70.1 Å². The Hall–Kier alpha value is -3.06. The van der Waals surface area contributed by atoms with E-state index in [2.05, 4.69) is 0 Å². The normalized spacial score (nSPS) is 10.7. The lowest BCUT2D eigenvalue weighted by Crippen LogP contribution is -2.17. The second-order valence-electron chi connectivity index (χ2n) is 4.06. The van der Waals surface area contributed by atoms with Gasteiger partial charge in [0.25, 0.3) is 5.91 Å². The van der Waals surface area contributed by atoms with Gasteiger partial charge >= 0.3 is 0 Å². The molecule has 4 nitrogen and oxygen atoms in total. The molecule has 2 rings (SSSR count). The van der Waals surface area contributed by atoms with Crippen LogP contribution in [0.3, 0.4) is 0 Å². The number of rotatable bonds is 4. The van der Waals surface area contributed by atoms with Crippen LogP contribution in [-0.2, 0) is 4.79 Å². The minimum Gasteiger partial charge on any atom is -0.365 e. The highest BCUT2D eigenvalue weighted by atomic mass is 16.1. The van der Waals surface area contributed by atoms with E-state index in [0.29, 0.717) is 0 Å². The lowest BCUT2D eigenvalue weighted by Gasteiger charge is -2.21. The van der Waals surface area contributed by atoms with Gasteiger partial charge in [-0.1, -0.05) is 36.4 Å². The first-order valence-corrected chi connectivity index (χ1v) is 6.03. The summed E-state index contributed by atoms with van der Waals surface area (Å²) in [5.74, 6) is -0.746. The minimum absolute atomic E-state index is 0.0993. The van der Waals surface area contributed by atoms with Crippen LogP contribution in [0.15, 0.2) is 72.4 Å². The smallest absolute Gasteiger partial charge is 0.260 e. The maximum atomic E-state index is 11.2. The van der Waals surface area contributed by atoms with E-state index in [0.717, 1.165) is 11.4 Å². The summed E-state index contributed by atoms with van der Waals surface area (Å²) in [6.07, 6.45) is 1.45. The van der Waals surface area contributed by atoms with Crippen LogP contribution in [0, 0.1) is 11.3 Å². The number of amides is 1. The average Bonchev–Trinajstić information content (AvgIpc) is 2.50. The molecule has 0 aliphatic carbocycles. The van der Waals surface area contributed by atoms with Gasteiger partial charge in [-0.15, -0.1) is 0 Å². The molecule has 98 valence electrons. The van der Waals surface area contributed by atoms with Crippen molar-refractivity contribution in [2.45, 2.75) is 0 Å². The van der Waals surface area contributed by atoms with Crippen LogP contribution in [0.25, 0.3) is 0 Å². The van der Waals surface area contributed by atoms with Gasteiger partial charge in [-0.25, -0.2) is 0 Å². The van der Waals surface area contributed by atoms with Crippen molar-refractivity contribution in [1.29, 1.82) is 5.26 Å². The van der Waals surface area contributed by atoms with E-state index in [1.54, 1.807) is 4.90 Å². The van der Waals surface area contributed by atoms with Gasteiger partial charge in [-0.2, -0.15) is 5.26 Å². The van der Waals surface area contributed by atoms with Crippen LogP contribution in [0.2, 0.25) is 0 Å². The number of nitrogens with zero attached hydrogens (tertiary/aromatic N) is 2. The lowest BCUT2D eigenvalue weighted by atomic mass is 10.2. The highest BCUT2D eigenvalue weighted by Crippen LogP contribution is 2.25. The third-order valence-electron chi connectivity index (χ3n) is 2.71. The highest BCUT2D eigenvalue weighted by Gasteiger charge is 2.10. The Morgan fingerprint density at radius 3 is 1.80 bits per heavy atom. The minimum atomic E-state index is -0.746. The van der Waals surface area contributed by atoms with Crippen LogP contribution in [0.5, 0.6) is 0 Å². The first kappa shape index (κ1) is 13.4.